The molecule has 0 aliphatic carbocycles. The van der Waals surface area contributed by atoms with E-state index in [4.69, 9.17) is 0 Å². The van der Waals surface area contributed by atoms with E-state index in [1.807, 2.05) is 37.0 Å². The summed E-state index contributed by atoms with van der Waals surface area (Å²) in [6.07, 6.45) is 6.10. The van der Waals surface area contributed by atoms with E-state index in [9.17, 15) is 9.90 Å². The monoisotopic (exact) mass is 335 g/mol. The molecule has 0 spiro atoms. The maximum absolute atomic E-state index is 11.4. The molecule has 0 aromatic heterocycles. The van der Waals surface area contributed by atoms with E-state index in [1.54, 1.807) is 47.4 Å². The second-order valence-corrected chi connectivity index (χ2v) is 6.63. The molecule has 2 rings (SSSR count). The molecule has 109 valence electrons. The van der Waals surface area contributed by atoms with Gasteiger partial charge in [-0.25, -0.2) is 4.79 Å². The molecule has 2 aromatic rings. The molecule has 5 heteroatoms. The van der Waals surface area contributed by atoms with Gasteiger partial charge < -0.3 is 5.11 Å². The van der Waals surface area contributed by atoms with Crippen LogP contribution in [0.25, 0.3) is 11.1 Å². The van der Waals surface area contributed by atoms with Crippen molar-refractivity contribution in [2.75, 3.05) is 18.8 Å². The number of carboxylic acids is 1. The van der Waals surface area contributed by atoms with Crippen molar-refractivity contribution in [3.05, 3.63) is 42.0 Å². The Morgan fingerprint density at radius 2 is 1.71 bits per heavy atom. The van der Waals surface area contributed by atoms with E-state index >= 15 is 0 Å². The van der Waals surface area contributed by atoms with Crippen LogP contribution in [0.15, 0.2) is 45.0 Å². The highest BCUT2D eigenvalue weighted by Gasteiger charge is 2.18. The quantitative estimate of drug-likeness (QED) is 0.777. The minimum Gasteiger partial charge on any atom is -0.478 e. The van der Waals surface area contributed by atoms with Gasteiger partial charge in [0.25, 0.3) is 0 Å². The largest absolute Gasteiger partial charge is 0.478 e. The highest BCUT2D eigenvalue weighted by Crippen LogP contribution is 2.42. The van der Waals surface area contributed by atoms with Gasteiger partial charge in [-0.1, -0.05) is 18.2 Å². The fourth-order valence-corrected chi connectivity index (χ4v) is 4.87. The van der Waals surface area contributed by atoms with Crippen LogP contribution >= 0.6 is 35.3 Å². The van der Waals surface area contributed by atoms with Crippen LogP contribution in [0.5, 0.6) is 0 Å². The number of carbonyl (C=O) groups is 1. The van der Waals surface area contributed by atoms with Crippen LogP contribution in [0.4, 0.5) is 0 Å². The first kappa shape index (κ1) is 16.3. The van der Waals surface area contributed by atoms with Crippen LogP contribution in [-0.2, 0) is 0 Å². The van der Waals surface area contributed by atoms with Crippen molar-refractivity contribution in [2.45, 2.75) is 14.7 Å². The van der Waals surface area contributed by atoms with Crippen molar-refractivity contribution < 1.29 is 9.90 Å². The van der Waals surface area contributed by atoms with Crippen molar-refractivity contribution in [1.29, 1.82) is 0 Å². The molecule has 0 saturated carbocycles. The summed E-state index contributed by atoms with van der Waals surface area (Å²) in [4.78, 5) is 14.9. The van der Waals surface area contributed by atoms with Gasteiger partial charge in [-0.05, 0) is 42.5 Å². The number of aromatic carboxylic acids is 1. The molecule has 2 aromatic carbocycles. The zero-order valence-electron chi connectivity index (χ0n) is 12.0. The van der Waals surface area contributed by atoms with Crippen LogP contribution in [-0.4, -0.2) is 29.8 Å². The maximum Gasteiger partial charge on any atom is 0.336 e. The van der Waals surface area contributed by atoms with Gasteiger partial charge in [0.1, 0.15) is 0 Å². The molecule has 1 radical (unpaired) electrons. The number of rotatable bonds is 5. The zero-order valence-corrected chi connectivity index (χ0v) is 14.4. The van der Waals surface area contributed by atoms with Crippen molar-refractivity contribution in [3.8, 4) is 11.1 Å². The predicted octanol–water partition coefficient (Wildman–Crippen LogP) is 5.02. The Morgan fingerprint density at radius 1 is 1.05 bits per heavy atom. The molecule has 21 heavy (non-hydrogen) atoms. The second kappa shape index (κ2) is 7.29. The lowest BCUT2D eigenvalue weighted by molar-refractivity contribution is 0.0697. The van der Waals surface area contributed by atoms with Crippen molar-refractivity contribution in [3.63, 3.8) is 0 Å². The van der Waals surface area contributed by atoms with Gasteiger partial charge in [0.2, 0.25) is 0 Å². The standard InChI is InChI=1S/C16H15O2S3/c1-19-13-9-8-11(14(20-2)15(13)21-3)10-6-4-5-7-12(10)16(17)18/h4-7,9H,1-3H3,(H,17,18). The Labute approximate surface area is 137 Å². The molecule has 0 amide bonds. The first-order chi connectivity index (χ1) is 10.1. The van der Waals surface area contributed by atoms with Gasteiger partial charge in [-0.2, -0.15) is 0 Å². The average molecular weight is 335 g/mol. The van der Waals surface area contributed by atoms with Crippen LogP contribution in [0.2, 0.25) is 0 Å². The minimum absolute atomic E-state index is 0.313. The van der Waals surface area contributed by atoms with Gasteiger partial charge in [0.05, 0.1) is 5.56 Å². The predicted molar refractivity (Wildman–Crippen MR) is 93.0 cm³/mol. The zero-order chi connectivity index (χ0) is 15.4. The van der Waals surface area contributed by atoms with Crippen LogP contribution in [0.1, 0.15) is 10.4 Å². The van der Waals surface area contributed by atoms with Gasteiger partial charge >= 0.3 is 5.97 Å². The van der Waals surface area contributed by atoms with Crippen molar-refractivity contribution in [2.24, 2.45) is 0 Å². The number of benzene rings is 2. The molecule has 0 heterocycles. The Hall–Kier alpha value is -1.04. The molecule has 2 nitrogen and oxygen atoms in total. The molecular weight excluding hydrogens is 320 g/mol. The lowest BCUT2D eigenvalue weighted by atomic mass is 10.00. The lowest BCUT2D eigenvalue weighted by Crippen LogP contribution is -2.00. The molecule has 0 aliphatic rings. The second-order valence-electron chi connectivity index (χ2n) is 4.15. The average Bonchev–Trinajstić information content (AvgIpc) is 2.53. The smallest absolute Gasteiger partial charge is 0.336 e. The third-order valence-corrected chi connectivity index (χ3v) is 5.73. The van der Waals surface area contributed by atoms with E-state index in [-0.39, 0.29) is 0 Å². The van der Waals surface area contributed by atoms with E-state index < -0.39 is 5.97 Å². The molecule has 0 saturated heterocycles. The molecular formula is C16H15O2S3. The van der Waals surface area contributed by atoms with Gasteiger partial charge in [-0.3, -0.25) is 0 Å². The highest BCUT2D eigenvalue weighted by molar-refractivity contribution is 8.03. The minimum atomic E-state index is -0.911. The Balaban J connectivity index is 2.73. The number of hydrogen-bond donors (Lipinski definition) is 1. The van der Waals surface area contributed by atoms with Crippen LogP contribution in [0.3, 0.4) is 0 Å². The highest BCUT2D eigenvalue weighted by atomic mass is 32.2. The molecule has 0 bridgehead atoms. The third kappa shape index (κ3) is 3.25. The lowest BCUT2D eigenvalue weighted by Gasteiger charge is -2.16. The number of carboxylic acid groups (broad SMARTS) is 1. The summed E-state index contributed by atoms with van der Waals surface area (Å²) in [6, 6.07) is 12.3. The maximum atomic E-state index is 11.4. The van der Waals surface area contributed by atoms with Crippen LogP contribution in [0, 0.1) is 6.07 Å². The van der Waals surface area contributed by atoms with E-state index in [0.29, 0.717) is 5.56 Å². The SMILES string of the molecule is CSc1c[c]c(-c2ccccc2C(=O)O)c(SC)c1SC. The topological polar surface area (TPSA) is 37.3 Å². The van der Waals surface area contributed by atoms with Gasteiger partial charge in [-0.15, -0.1) is 35.3 Å². The number of thioether (sulfide) groups is 3. The summed E-state index contributed by atoms with van der Waals surface area (Å²) in [6.45, 7) is 0. The molecule has 0 fully saturated rings. The van der Waals surface area contributed by atoms with E-state index in [1.165, 1.54) is 9.79 Å². The van der Waals surface area contributed by atoms with Crippen LogP contribution < -0.4 is 0 Å². The summed E-state index contributed by atoms with van der Waals surface area (Å²) in [5, 5.41) is 9.39. The number of hydrogen-bond acceptors (Lipinski definition) is 4. The summed E-state index contributed by atoms with van der Waals surface area (Å²) >= 11 is 5.00. The molecule has 0 unspecified atom stereocenters. The molecule has 1 N–H and O–H groups in total. The fourth-order valence-electron chi connectivity index (χ4n) is 2.12. The third-order valence-electron chi connectivity index (χ3n) is 3.06. The molecule has 0 atom stereocenters. The summed E-state index contributed by atoms with van der Waals surface area (Å²) in [5.41, 5.74) is 1.90. The Kier molecular flexibility index (Phi) is 5.67. The Morgan fingerprint density at radius 3 is 2.29 bits per heavy atom. The summed E-state index contributed by atoms with van der Waals surface area (Å²) < 4.78 is 0. The first-order valence-corrected chi connectivity index (χ1v) is 9.84. The Bertz CT molecular complexity index is 669. The normalized spacial score (nSPS) is 10.6. The van der Waals surface area contributed by atoms with Crippen molar-refractivity contribution in [1.82, 2.24) is 0 Å². The summed E-state index contributed by atoms with van der Waals surface area (Å²) in [7, 11) is 0. The van der Waals surface area contributed by atoms with E-state index in [0.717, 1.165) is 16.0 Å². The first-order valence-electron chi connectivity index (χ1n) is 6.17. The van der Waals surface area contributed by atoms with Gasteiger partial charge in [0, 0.05) is 20.2 Å². The van der Waals surface area contributed by atoms with Crippen molar-refractivity contribution >= 4 is 41.3 Å². The summed E-state index contributed by atoms with van der Waals surface area (Å²) in [5.74, 6) is -0.911. The fraction of sp³-hybridized carbons (Fsp3) is 0.188. The van der Waals surface area contributed by atoms with Gasteiger partial charge in [0.15, 0.2) is 0 Å². The molecule has 0 aliphatic heterocycles. The van der Waals surface area contributed by atoms with E-state index in [2.05, 4.69) is 6.07 Å².